The largest absolute Gasteiger partial charge is 0.507 e. The molecular formula is C10H15INO2+. The predicted octanol–water partition coefficient (Wildman–Crippen LogP) is 1.18. The molecule has 0 aliphatic heterocycles. The van der Waals surface area contributed by atoms with Crippen LogP contribution in [0.15, 0.2) is 12.1 Å². The van der Waals surface area contributed by atoms with Crippen molar-refractivity contribution < 1.29 is 15.6 Å². The second-order valence-corrected chi connectivity index (χ2v) is 4.59. The molecule has 3 nitrogen and oxygen atoms in total. The first-order valence-corrected chi connectivity index (χ1v) is 5.51. The highest BCUT2D eigenvalue weighted by Crippen LogP contribution is 2.29. The van der Waals surface area contributed by atoms with Crippen LogP contribution in [0.1, 0.15) is 12.5 Å². The average Bonchev–Trinajstić information content (AvgIpc) is 2.10. The smallest absolute Gasteiger partial charge is 0.129 e. The number of benzene rings is 1. The van der Waals surface area contributed by atoms with E-state index in [2.05, 4.69) is 28.3 Å². The van der Waals surface area contributed by atoms with Crippen molar-refractivity contribution in [3.05, 3.63) is 21.3 Å². The summed E-state index contributed by atoms with van der Waals surface area (Å²) in [5, 5.41) is 9.55. The molecule has 0 saturated carbocycles. The van der Waals surface area contributed by atoms with E-state index in [0.29, 0.717) is 11.8 Å². The van der Waals surface area contributed by atoms with Gasteiger partial charge >= 0.3 is 0 Å². The van der Waals surface area contributed by atoms with Gasteiger partial charge in [-0.25, -0.2) is 0 Å². The van der Waals surface area contributed by atoms with Gasteiger partial charge in [0, 0.05) is 12.0 Å². The summed E-state index contributed by atoms with van der Waals surface area (Å²) in [5.74, 6) is 1.13. The minimum atomic E-state index is 0.307. The Balaban J connectivity index is 3.07. The topological polar surface area (TPSA) is 57.1 Å². The van der Waals surface area contributed by atoms with E-state index in [1.165, 1.54) is 0 Å². The van der Waals surface area contributed by atoms with Gasteiger partial charge in [-0.05, 0) is 41.6 Å². The molecule has 1 aromatic carbocycles. The maximum Gasteiger partial charge on any atom is 0.129 e. The number of phenols is 1. The zero-order valence-corrected chi connectivity index (χ0v) is 10.5. The van der Waals surface area contributed by atoms with Crippen molar-refractivity contribution in [3.63, 3.8) is 0 Å². The summed E-state index contributed by atoms with van der Waals surface area (Å²) in [6, 6.07) is 3.90. The molecule has 14 heavy (non-hydrogen) atoms. The first-order chi connectivity index (χ1) is 6.54. The fraction of sp³-hybridized carbons (Fsp3) is 0.400. The highest BCUT2D eigenvalue weighted by atomic mass is 127. The number of hydrogen-bond acceptors (Lipinski definition) is 2. The molecule has 1 atom stereocenters. The number of rotatable bonds is 3. The maximum atomic E-state index is 9.55. The van der Waals surface area contributed by atoms with Gasteiger partial charge < -0.3 is 15.6 Å². The van der Waals surface area contributed by atoms with Crippen LogP contribution in [-0.4, -0.2) is 18.3 Å². The van der Waals surface area contributed by atoms with Crippen LogP contribution >= 0.6 is 22.6 Å². The first-order valence-electron chi connectivity index (χ1n) is 4.43. The Morgan fingerprint density at radius 3 is 2.71 bits per heavy atom. The van der Waals surface area contributed by atoms with Crippen molar-refractivity contribution in [2.75, 3.05) is 7.11 Å². The van der Waals surface area contributed by atoms with Crippen molar-refractivity contribution in [3.8, 4) is 11.5 Å². The second kappa shape index (κ2) is 4.84. The molecule has 0 unspecified atom stereocenters. The molecule has 0 spiro atoms. The molecule has 0 radical (unpaired) electrons. The van der Waals surface area contributed by atoms with Gasteiger partial charge in [0.2, 0.25) is 0 Å². The third-order valence-corrected chi connectivity index (χ3v) is 2.78. The number of aromatic hydroxyl groups is 1. The average molecular weight is 308 g/mol. The van der Waals surface area contributed by atoms with E-state index in [-0.39, 0.29) is 0 Å². The molecule has 1 aromatic rings. The van der Waals surface area contributed by atoms with Gasteiger partial charge in [-0.3, -0.25) is 0 Å². The Kier molecular flexibility index (Phi) is 4.00. The van der Waals surface area contributed by atoms with Gasteiger partial charge in [0.1, 0.15) is 11.5 Å². The Hall–Kier alpha value is -0.490. The molecule has 0 aromatic heterocycles. The van der Waals surface area contributed by atoms with E-state index in [1.54, 1.807) is 13.2 Å². The van der Waals surface area contributed by atoms with E-state index in [4.69, 9.17) is 4.74 Å². The van der Waals surface area contributed by atoms with Gasteiger partial charge in [-0.2, -0.15) is 0 Å². The first kappa shape index (κ1) is 11.6. The van der Waals surface area contributed by atoms with Crippen LogP contribution in [-0.2, 0) is 6.42 Å². The van der Waals surface area contributed by atoms with Crippen LogP contribution in [0.5, 0.6) is 11.5 Å². The van der Waals surface area contributed by atoms with Gasteiger partial charge in [-0.1, -0.05) is 0 Å². The summed E-state index contributed by atoms with van der Waals surface area (Å²) >= 11 is 2.08. The third kappa shape index (κ3) is 2.75. The molecule has 4 N–H and O–H groups in total. The fourth-order valence-corrected chi connectivity index (χ4v) is 1.75. The van der Waals surface area contributed by atoms with E-state index >= 15 is 0 Å². The summed E-state index contributed by atoms with van der Waals surface area (Å²) < 4.78 is 6.04. The van der Waals surface area contributed by atoms with Crippen LogP contribution in [0.3, 0.4) is 0 Å². The molecule has 4 heteroatoms. The molecule has 0 amide bonds. The molecule has 0 aliphatic carbocycles. The highest BCUT2D eigenvalue weighted by molar-refractivity contribution is 14.1. The highest BCUT2D eigenvalue weighted by Gasteiger charge is 2.10. The Bertz CT molecular complexity index is 326. The molecule has 0 saturated heterocycles. The summed E-state index contributed by atoms with van der Waals surface area (Å²) in [4.78, 5) is 0. The summed E-state index contributed by atoms with van der Waals surface area (Å²) in [5.41, 5.74) is 4.93. The van der Waals surface area contributed by atoms with Crippen LogP contribution < -0.4 is 10.5 Å². The van der Waals surface area contributed by atoms with E-state index in [0.717, 1.165) is 21.3 Å². The van der Waals surface area contributed by atoms with Crippen molar-refractivity contribution in [1.29, 1.82) is 0 Å². The lowest BCUT2D eigenvalue weighted by Gasteiger charge is -2.10. The normalized spacial score (nSPS) is 12.6. The molecule has 0 aliphatic rings. The lowest BCUT2D eigenvalue weighted by atomic mass is 10.1. The molecule has 78 valence electrons. The maximum absolute atomic E-state index is 9.55. The molecular weight excluding hydrogens is 293 g/mol. The number of halogens is 1. The van der Waals surface area contributed by atoms with Crippen molar-refractivity contribution in [2.45, 2.75) is 19.4 Å². The zero-order chi connectivity index (χ0) is 10.7. The van der Waals surface area contributed by atoms with Gasteiger partial charge in [0.15, 0.2) is 0 Å². The van der Waals surface area contributed by atoms with Crippen LogP contribution in [0.25, 0.3) is 0 Å². The third-order valence-electron chi connectivity index (χ3n) is 1.92. The molecule has 0 heterocycles. The van der Waals surface area contributed by atoms with Gasteiger partial charge in [-0.15, -0.1) is 0 Å². The zero-order valence-electron chi connectivity index (χ0n) is 8.38. The Morgan fingerprint density at radius 1 is 1.57 bits per heavy atom. The lowest BCUT2D eigenvalue weighted by molar-refractivity contribution is -0.413. The summed E-state index contributed by atoms with van der Waals surface area (Å²) in [6.07, 6.45) is 0.813. The number of quaternary nitrogens is 1. The van der Waals surface area contributed by atoms with E-state index in [9.17, 15) is 5.11 Å². The van der Waals surface area contributed by atoms with Crippen molar-refractivity contribution in [2.24, 2.45) is 0 Å². The van der Waals surface area contributed by atoms with Crippen LogP contribution in [0, 0.1) is 3.57 Å². The molecule has 0 fully saturated rings. The number of phenolic OH excluding ortho intramolecular Hbond substituents is 1. The van der Waals surface area contributed by atoms with E-state index in [1.807, 2.05) is 13.0 Å². The fourth-order valence-electron chi connectivity index (χ4n) is 1.31. The lowest BCUT2D eigenvalue weighted by Crippen LogP contribution is -2.60. The monoisotopic (exact) mass is 308 g/mol. The quantitative estimate of drug-likeness (QED) is 0.824. The second-order valence-electron chi connectivity index (χ2n) is 3.42. The van der Waals surface area contributed by atoms with Crippen molar-refractivity contribution >= 4 is 22.6 Å². The minimum Gasteiger partial charge on any atom is -0.507 e. The summed E-state index contributed by atoms with van der Waals surface area (Å²) in [6.45, 7) is 2.04. The number of methoxy groups -OCH3 is 1. The molecule has 0 bridgehead atoms. The van der Waals surface area contributed by atoms with Crippen molar-refractivity contribution in [1.82, 2.24) is 0 Å². The SMILES string of the molecule is COc1cc(I)c(O)cc1C[C@@H](C)[NH3+]. The van der Waals surface area contributed by atoms with E-state index < -0.39 is 0 Å². The number of hydrogen-bond donors (Lipinski definition) is 2. The molecule has 1 rings (SSSR count). The standard InChI is InChI=1S/C10H14INO2/c1-6(12)3-7-4-9(13)8(11)5-10(7)14-2/h4-6,13H,3,12H2,1-2H3/p+1/t6-/m1/s1. The van der Waals surface area contributed by atoms with Gasteiger partial charge in [0.25, 0.3) is 0 Å². The van der Waals surface area contributed by atoms with Crippen LogP contribution in [0.2, 0.25) is 0 Å². The minimum absolute atomic E-state index is 0.307. The summed E-state index contributed by atoms with van der Waals surface area (Å²) in [7, 11) is 1.64. The predicted molar refractivity (Wildman–Crippen MR) is 63.4 cm³/mol. The van der Waals surface area contributed by atoms with Crippen LogP contribution in [0.4, 0.5) is 0 Å². The number of ether oxygens (including phenoxy) is 1. The Morgan fingerprint density at radius 2 is 2.21 bits per heavy atom. The Labute approximate surface area is 97.4 Å². The van der Waals surface area contributed by atoms with Gasteiger partial charge in [0.05, 0.1) is 16.7 Å².